The largest absolute Gasteiger partial charge is 0.445 e. The van der Waals surface area contributed by atoms with E-state index in [0.29, 0.717) is 24.3 Å². The van der Waals surface area contributed by atoms with Crippen molar-refractivity contribution in [1.82, 2.24) is 0 Å². The van der Waals surface area contributed by atoms with Crippen molar-refractivity contribution in [2.75, 3.05) is 0 Å². The molecule has 0 aromatic heterocycles. The zero-order chi connectivity index (χ0) is 15.7. The lowest BCUT2D eigenvalue weighted by Crippen LogP contribution is -2.13. The molecule has 1 nitrogen and oxygen atoms in total. The molecule has 0 bridgehead atoms. The van der Waals surface area contributed by atoms with Gasteiger partial charge in [0.05, 0.1) is 5.56 Å². The van der Waals surface area contributed by atoms with Gasteiger partial charge in [-0.3, -0.25) is 0 Å². The summed E-state index contributed by atoms with van der Waals surface area (Å²) in [6.45, 7) is 0. The molecule has 9 heteroatoms. The maximum atomic E-state index is 13.0. The van der Waals surface area contributed by atoms with Gasteiger partial charge in [-0.2, -0.15) is 30.7 Å². The Bertz CT molecular complexity index is 497. The summed E-state index contributed by atoms with van der Waals surface area (Å²) in [6, 6.07) is 1.96. The molecule has 0 aliphatic rings. The number of aliphatic hydroxyl groups is 1. The molecule has 0 fully saturated rings. The van der Waals surface area contributed by atoms with Crippen LogP contribution in [0, 0.1) is 0 Å². The first-order chi connectivity index (χ1) is 8.94. The van der Waals surface area contributed by atoms with Crippen LogP contribution in [0.5, 0.6) is 0 Å². The Labute approximate surface area is 107 Å². The zero-order valence-corrected chi connectivity index (χ0v) is 9.36. The summed E-state index contributed by atoms with van der Waals surface area (Å²) >= 11 is 0. The number of hydrogen-bond acceptors (Lipinski definition) is 1. The number of rotatable bonds is 2. The molecule has 1 aromatic rings. The van der Waals surface area contributed by atoms with Gasteiger partial charge in [0.25, 0.3) is 0 Å². The van der Waals surface area contributed by atoms with Gasteiger partial charge in [0, 0.05) is 0 Å². The lowest BCUT2D eigenvalue weighted by molar-refractivity contribution is -0.137. The normalized spacial score (nSPS) is 15.8. The van der Waals surface area contributed by atoms with Gasteiger partial charge in [0.2, 0.25) is 5.83 Å². The monoisotopic (exact) mass is 306 g/mol. The van der Waals surface area contributed by atoms with E-state index in [1.54, 1.807) is 0 Å². The number of allylic oxidation sites excluding steroid dienone is 1. The van der Waals surface area contributed by atoms with Crippen LogP contribution >= 0.6 is 0 Å². The minimum Gasteiger partial charge on any atom is -0.381 e. The summed E-state index contributed by atoms with van der Waals surface area (Å²) in [6.07, 6.45) is -13.0. The van der Waals surface area contributed by atoms with Crippen LogP contribution in [0.4, 0.5) is 35.1 Å². The first-order valence-electron chi connectivity index (χ1n) is 4.92. The zero-order valence-electron chi connectivity index (χ0n) is 9.36. The molecule has 0 aliphatic carbocycles. The summed E-state index contributed by atoms with van der Waals surface area (Å²) in [4.78, 5) is 0. The average Bonchev–Trinajstić information content (AvgIpc) is 2.34. The smallest absolute Gasteiger partial charge is 0.381 e. The molecule has 0 amide bonds. The molecule has 0 saturated heterocycles. The van der Waals surface area contributed by atoms with Gasteiger partial charge in [-0.15, -0.1) is 0 Å². The van der Waals surface area contributed by atoms with Gasteiger partial charge < -0.3 is 5.11 Å². The number of hydrogen-bond donors (Lipinski definition) is 1. The lowest BCUT2D eigenvalue weighted by atomic mass is 10.1. The van der Waals surface area contributed by atoms with E-state index in [1.165, 1.54) is 0 Å². The average molecular weight is 306 g/mol. The third kappa shape index (κ3) is 3.69. The van der Waals surface area contributed by atoms with E-state index in [0.717, 1.165) is 0 Å². The van der Waals surface area contributed by atoms with Crippen LogP contribution in [0.3, 0.4) is 0 Å². The highest BCUT2D eigenvalue weighted by Gasteiger charge is 2.40. The fraction of sp³-hybridized carbons (Fsp3) is 0.273. The van der Waals surface area contributed by atoms with E-state index in [-0.39, 0.29) is 0 Å². The SMILES string of the molecule is OC(/C(F)=C(\F)C(F)(F)F)c1ccc(C(F)(F)F)cc1. The number of benzene rings is 1. The molecule has 1 rings (SSSR count). The van der Waals surface area contributed by atoms with E-state index in [4.69, 9.17) is 5.11 Å². The molecule has 1 unspecified atom stereocenters. The summed E-state index contributed by atoms with van der Waals surface area (Å²) in [5.41, 5.74) is -1.79. The predicted molar refractivity (Wildman–Crippen MR) is 51.7 cm³/mol. The molecule has 1 atom stereocenters. The highest BCUT2D eigenvalue weighted by Crippen LogP contribution is 2.36. The minimum atomic E-state index is -5.63. The van der Waals surface area contributed by atoms with Crippen molar-refractivity contribution < 1.29 is 40.2 Å². The van der Waals surface area contributed by atoms with Crippen molar-refractivity contribution in [3.05, 3.63) is 47.0 Å². The number of halogens is 8. The quantitative estimate of drug-likeness (QED) is 0.800. The predicted octanol–water partition coefficient (Wildman–Crippen LogP) is 4.45. The van der Waals surface area contributed by atoms with Crippen LogP contribution in [0.2, 0.25) is 0 Å². The van der Waals surface area contributed by atoms with Crippen molar-refractivity contribution in [2.45, 2.75) is 18.5 Å². The first-order valence-corrected chi connectivity index (χ1v) is 4.92. The molecule has 1 aromatic carbocycles. The molecule has 112 valence electrons. The fourth-order valence-corrected chi connectivity index (χ4v) is 1.26. The molecular weight excluding hydrogens is 300 g/mol. The summed E-state index contributed by atoms with van der Waals surface area (Å²) < 4.78 is 97.8. The fourth-order valence-electron chi connectivity index (χ4n) is 1.26. The highest BCUT2D eigenvalue weighted by atomic mass is 19.4. The molecule has 0 heterocycles. The summed E-state index contributed by atoms with van der Waals surface area (Å²) in [7, 11) is 0. The molecule has 0 aliphatic heterocycles. The number of alkyl halides is 6. The second-order valence-electron chi connectivity index (χ2n) is 3.68. The third-order valence-corrected chi connectivity index (χ3v) is 2.25. The van der Waals surface area contributed by atoms with E-state index in [9.17, 15) is 35.1 Å². The van der Waals surface area contributed by atoms with Crippen molar-refractivity contribution in [3.8, 4) is 0 Å². The van der Waals surface area contributed by atoms with Gasteiger partial charge in [-0.1, -0.05) is 12.1 Å². The Morgan fingerprint density at radius 1 is 0.900 bits per heavy atom. The second-order valence-corrected chi connectivity index (χ2v) is 3.68. The highest BCUT2D eigenvalue weighted by molar-refractivity contribution is 5.30. The van der Waals surface area contributed by atoms with Crippen molar-refractivity contribution in [3.63, 3.8) is 0 Å². The van der Waals surface area contributed by atoms with Crippen LogP contribution in [-0.2, 0) is 6.18 Å². The third-order valence-electron chi connectivity index (χ3n) is 2.25. The molecule has 1 N–H and O–H groups in total. The Morgan fingerprint density at radius 3 is 1.70 bits per heavy atom. The van der Waals surface area contributed by atoms with Crippen LogP contribution in [0.15, 0.2) is 35.9 Å². The molecular formula is C11H6F8O. The van der Waals surface area contributed by atoms with Crippen LogP contribution in [-0.4, -0.2) is 11.3 Å². The Balaban J connectivity index is 3.08. The van der Waals surface area contributed by atoms with Crippen LogP contribution < -0.4 is 0 Å². The minimum absolute atomic E-state index is 0.428. The van der Waals surface area contributed by atoms with E-state index >= 15 is 0 Å². The van der Waals surface area contributed by atoms with Crippen LogP contribution in [0.25, 0.3) is 0 Å². The van der Waals surface area contributed by atoms with Crippen molar-refractivity contribution in [1.29, 1.82) is 0 Å². The van der Waals surface area contributed by atoms with Gasteiger partial charge in [0.15, 0.2) is 5.83 Å². The summed E-state index contributed by atoms with van der Waals surface area (Å²) in [5, 5.41) is 9.16. The maximum absolute atomic E-state index is 13.0. The maximum Gasteiger partial charge on any atom is 0.445 e. The summed E-state index contributed by atoms with van der Waals surface area (Å²) in [5.74, 6) is -5.65. The molecule has 0 radical (unpaired) electrons. The van der Waals surface area contributed by atoms with E-state index < -0.39 is 41.2 Å². The van der Waals surface area contributed by atoms with E-state index in [1.807, 2.05) is 0 Å². The molecule has 0 spiro atoms. The van der Waals surface area contributed by atoms with Gasteiger partial charge >= 0.3 is 12.4 Å². The van der Waals surface area contributed by atoms with Crippen molar-refractivity contribution >= 4 is 0 Å². The Kier molecular flexibility index (Phi) is 4.42. The van der Waals surface area contributed by atoms with Crippen molar-refractivity contribution in [2.24, 2.45) is 0 Å². The van der Waals surface area contributed by atoms with E-state index in [2.05, 4.69) is 0 Å². The topological polar surface area (TPSA) is 20.2 Å². The van der Waals surface area contributed by atoms with Gasteiger partial charge in [0.1, 0.15) is 6.10 Å². The first kappa shape index (κ1) is 16.4. The standard InChI is InChI=1S/C11H6F8O/c12-7(9(13)11(17,18)19)8(20)5-1-3-6(4-2-5)10(14,15)16/h1-4,8,20H/b9-7+. The molecule has 20 heavy (non-hydrogen) atoms. The molecule has 0 saturated carbocycles. The number of aliphatic hydroxyl groups excluding tert-OH is 1. The lowest BCUT2D eigenvalue weighted by Gasteiger charge is -2.13. The van der Waals surface area contributed by atoms with Crippen LogP contribution in [0.1, 0.15) is 17.2 Å². The van der Waals surface area contributed by atoms with Gasteiger partial charge in [-0.05, 0) is 17.7 Å². The Morgan fingerprint density at radius 2 is 1.35 bits per heavy atom. The second kappa shape index (κ2) is 5.39. The van der Waals surface area contributed by atoms with Gasteiger partial charge in [-0.25, -0.2) is 4.39 Å². The Hall–Kier alpha value is -1.64.